The third kappa shape index (κ3) is 16.1. The van der Waals surface area contributed by atoms with Crippen molar-refractivity contribution >= 4 is 55.4 Å². The van der Waals surface area contributed by atoms with Crippen LogP contribution in [0.2, 0.25) is 0 Å². The lowest BCUT2D eigenvalue weighted by Crippen LogP contribution is -2.47. The van der Waals surface area contributed by atoms with Crippen molar-refractivity contribution in [3.63, 3.8) is 0 Å². The number of nitrogens with zero attached hydrogens (tertiary/aromatic N) is 4. The fourth-order valence-corrected chi connectivity index (χ4v) is 14.8. The Kier molecular flexibility index (Phi) is 22.5. The van der Waals surface area contributed by atoms with Gasteiger partial charge in [-0.15, -0.1) is 0 Å². The summed E-state index contributed by atoms with van der Waals surface area (Å²) in [6, 6.07) is 7.43. The number of esters is 1. The van der Waals surface area contributed by atoms with E-state index in [1.165, 1.54) is 26.2 Å². The summed E-state index contributed by atoms with van der Waals surface area (Å²) in [4.78, 5) is 109. The lowest BCUT2D eigenvalue weighted by atomic mass is 9.72. The Morgan fingerprint density at radius 1 is 0.864 bits per heavy atom. The van der Waals surface area contributed by atoms with Crippen LogP contribution in [0.3, 0.4) is 0 Å². The average Bonchev–Trinajstić information content (AvgIpc) is 1.51. The van der Waals surface area contributed by atoms with Gasteiger partial charge in [0.25, 0.3) is 11.7 Å². The highest BCUT2D eigenvalue weighted by molar-refractivity contribution is 7.70. The standard InChI is InChI=1S/C63H90N6O17P2/c1-35(2)32-69-28-24-63(25-29-69)66-51-48-49-55(72)44(11)58-50(48)59(74)62(12,86-58)84-31-23-37(4)40(7)41(8)42(9)54(71)43(10)57(38(5)16-15-17-39(6)60(75)65-53(56(49)73)52(51)67-63)85-46(70)33-68(27-14-13-18-47(87(77,78)79)88(80,81)82)30-26-64-61(76)83-34-45-21-19-36(3)20-22-45/h15-17,19-23,31,35,37-38,40-43,47,54,57,66,71-73H,13-14,18,24-30,32-34H2,1-12H3,(H,64,76)(H2,77,78,79)(H2,80,81,82)/b16-15+,31-23+,39-17-,65-53?/t37-,38-,40+,41+,42-,43-,54-,57-,62-/m0/s1. The van der Waals surface area contributed by atoms with E-state index >= 15 is 0 Å². The Morgan fingerprint density at radius 3 is 2.16 bits per heavy atom. The number of benzene rings is 3. The monoisotopic (exact) mass is 1260 g/mol. The molecule has 1 saturated heterocycles. The number of hydrogen-bond acceptors (Lipinski definition) is 17. The van der Waals surface area contributed by atoms with Crippen LogP contribution in [0.5, 0.6) is 17.2 Å². The second-order valence-electron chi connectivity index (χ2n) is 25.3. The highest BCUT2D eigenvalue weighted by Gasteiger charge is 2.51. The van der Waals surface area contributed by atoms with Crippen LogP contribution in [0.4, 0.5) is 10.5 Å². The van der Waals surface area contributed by atoms with Crippen molar-refractivity contribution in [2.75, 3.05) is 51.1 Å². The summed E-state index contributed by atoms with van der Waals surface area (Å²) >= 11 is 0. The number of carbonyl (C=O) groups is 4. The highest BCUT2D eigenvalue weighted by Crippen LogP contribution is 2.61. The molecular weight excluding hydrogens is 1170 g/mol. The van der Waals surface area contributed by atoms with Crippen molar-refractivity contribution < 1.29 is 82.1 Å². The maximum Gasteiger partial charge on any atom is 0.407 e. The number of phenolic OH excluding ortho intramolecular Hbond substituents is 2. The molecule has 3 aromatic rings. The van der Waals surface area contributed by atoms with E-state index in [-0.39, 0.29) is 107 Å². The Hall–Kier alpha value is -6.00. The number of unbranched alkanes of at least 4 members (excludes halogenated alkanes) is 1. The fraction of sp³-hybridized carbons (Fsp3) is 0.587. The number of aromatic hydroxyl groups is 2. The minimum Gasteiger partial charge on any atom is -0.507 e. The number of carbonyl (C=O) groups excluding carboxylic acids is 4. The Morgan fingerprint density at radius 2 is 1.52 bits per heavy atom. The van der Waals surface area contributed by atoms with E-state index in [1.54, 1.807) is 43.9 Å². The van der Waals surface area contributed by atoms with E-state index in [9.17, 15) is 63.2 Å². The van der Waals surface area contributed by atoms with E-state index in [2.05, 4.69) is 34.4 Å². The van der Waals surface area contributed by atoms with Gasteiger partial charge >= 0.3 is 33.0 Å². The van der Waals surface area contributed by atoms with E-state index in [4.69, 9.17) is 23.9 Å². The van der Waals surface area contributed by atoms with Crippen LogP contribution >= 0.6 is 15.2 Å². The van der Waals surface area contributed by atoms with Crippen LogP contribution in [0.25, 0.3) is 10.8 Å². The third-order valence-corrected chi connectivity index (χ3v) is 22.0. The zero-order valence-electron chi connectivity index (χ0n) is 52.6. The molecule has 5 bridgehead atoms. The number of aryl methyl sites for hydroxylation is 1. The van der Waals surface area contributed by atoms with E-state index in [0.717, 1.165) is 17.7 Å². The lowest BCUT2D eigenvalue weighted by molar-refractivity contribution is -0.159. The molecule has 5 aliphatic rings. The summed E-state index contributed by atoms with van der Waals surface area (Å²) in [7, 11) is -10.4. The number of amides is 2. The molecule has 1 spiro atoms. The Labute approximate surface area is 514 Å². The summed E-state index contributed by atoms with van der Waals surface area (Å²) in [6.07, 6.45) is 5.92. The maximum absolute atomic E-state index is 14.9. The molecule has 0 saturated carbocycles. The number of likely N-dealkylation sites (tertiary alicyclic amines) is 1. The van der Waals surface area contributed by atoms with Crippen molar-refractivity contribution in [2.45, 2.75) is 151 Å². The molecule has 8 rings (SSSR count). The maximum atomic E-state index is 14.9. The SMILES string of the molecule is C/C1=C/C=C/[C@H](C)[C@H](OC(=O)CN(CCCCC(P(=O)(O)O)P(=O)(O)O)CCNC(=O)OCc2ccc(C)cc2)[C@@H](C)[C@@H](O)[C@@H](C)[C@H](C)[C@H](C)[C@@H](C)/C=C/O[C@@]2(C)Oc3c(C)c(O)c4c(O)c(c5c(c4c3C2=O)NC2(CCN(CC(C)C)CC2)N=5)=NC1=O. The second kappa shape index (κ2) is 28.4. The number of ether oxygens (including phenoxy) is 4. The van der Waals surface area contributed by atoms with Crippen molar-refractivity contribution in [1.29, 1.82) is 0 Å². The minimum absolute atomic E-state index is 0.000899. The van der Waals surface area contributed by atoms with Gasteiger partial charge in [0.2, 0.25) is 0 Å². The molecule has 9 N–H and O–H groups in total. The van der Waals surface area contributed by atoms with Crippen LogP contribution in [0.15, 0.2) is 70.4 Å². The van der Waals surface area contributed by atoms with E-state index in [0.29, 0.717) is 37.5 Å². The minimum atomic E-state index is -5.19. The number of Topliss-reactive ketones (excluding diaryl/α,β-unsaturated/α-hetero) is 1. The number of alkyl carbamates (subject to hydrolysis) is 1. The number of anilines is 1. The van der Waals surface area contributed by atoms with Crippen molar-refractivity contribution in [3.8, 4) is 17.2 Å². The van der Waals surface area contributed by atoms with Crippen molar-refractivity contribution in [1.82, 2.24) is 15.1 Å². The van der Waals surface area contributed by atoms with Gasteiger partial charge in [0.15, 0.2) is 11.1 Å². The van der Waals surface area contributed by atoms with E-state index < -0.39 is 104 Å². The third-order valence-electron chi connectivity index (χ3n) is 18.1. The first kappa shape index (κ1) is 69.5. The van der Waals surface area contributed by atoms with Gasteiger partial charge in [0, 0.05) is 80.8 Å². The number of ketones is 1. The summed E-state index contributed by atoms with van der Waals surface area (Å²) in [6.45, 7) is 24.3. The first-order valence-corrected chi connectivity index (χ1v) is 33.7. The lowest BCUT2D eigenvalue weighted by Gasteiger charge is -2.38. The van der Waals surface area contributed by atoms with Gasteiger partial charge < -0.3 is 69.4 Å². The quantitative estimate of drug-likeness (QED) is 0.0267. The largest absolute Gasteiger partial charge is 0.507 e. The van der Waals surface area contributed by atoms with Crippen LogP contribution in [-0.2, 0) is 39.5 Å². The van der Waals surface area contributed by atoms with Gasteiger partial charge in [0.1, 0.15) is 40.6 Å². The molecule has 0 aliphatic carbocycles. The van der Waals surface area contributed by atoms with Gasteiger partial charge in [-0.2, -0.15) is 0 Å². The molecule has 0 aromatic heterocycles. The van der Waals surface area contributed by atoms with Crippen LogP contribution in [0, 0.1) is 55.3 Å². The summed E-state index contributed by atoms with van der Waals surface area (Å²) < 4.78 is 48.5. The number of aliphatic hydroxyl groups excluding tert-OH is 1. The molecule has 0 unspecified atom stereocenters. The number of aliphatic hydroxyl groups is 1. The molecular formula is C63H90N6O17P2. The number of piperidine rings is 1. The normalized spacial score (nSPS) is 26.7. The zero-order valence-corrected chi connectivity index (χ0v) is 54.3. The fourth-order valence-electron chi connectivity index (χ4n) is 12.2. The molecule has 2 amide bonds. The molecule has 5 aliphatic heterocycles. The Bertz CT molecular complexity index is 3390. The predicted octanol–water partition coefficient (Wildman–Crippen LogP) is 8.01. The van der Waals surface area contributed by atoms with Crippen LogP contribution in [-0.4, -0.2) is 143 Å². The van der Waals surface area contributed by atoms with Crippen molar-refractivity contribution in [3.05, 3.63) is 93.4 Å². The topological polar surface area (TPSA) is 336 Å². The number of fused-ring (bicyclic) bond motifs is 13. The van der Waals surface area contributed by atoms with Crippen molar-refractivity contribution in [2.24, 2.45) is 51.4 Å². The summed E-state index contributed by atoms with van der Waals surface area (Å²) in [5, 5.41) is 40.7. The predicted molar refractivity (Wildman–Crippen MR) is 331 cm³/mol. The zero-order chi connectivity index (χ0) is 65.0. The second-order valence-corrected chi connectivity index (χ2v) is 29.3. The van der Waals surface area contributed by atoms with Gasteiger partial charge in [-0.3, -0.25) is 33.4 Å². The highest BCUT2D eigenvalue weighted by atomic mass is 31.2. The summed E-state index contributed by atoms with van der Waals surface area (Å²) in [5.74, 6) is -6.67. The smallest absolute Gasteiger partial charge is 0.407 e. The van der Waals surface area contributed by atoms with Gasteiger partial charge in [-0.25, -0.2) is 9.79 Å². The van der Waals surface area contributed by atoms with Gasteiger partial charge in [-0.1, -0.05) is 110 Å². The number of hydrogen-bond donors (Lipinski definition) is 9. The first-order chi connectivity index (χ1) is 41.2. The van der Waals surface area contributed by atoms with Crippen LogP contribution < -0.4 is 26.1 Å². The molecule has 5 heterocycles. The van der Waals surface area contributed by atoms with E-state index in [1.807, 2.05) is 58.9 Å². The number of allylic oxidation sites excluding steroid dienone is 3. The first-order valence-electron chi connectivity index (χ1n) is 30.3. The molecule has 1 fully saturated rings. The molecule has 0 radical (unpaired) electrons. The molecule has 88 heavy (non-hydrogen) atoms. The number of phenols is 2. The Balaban J connectivity index is 1.23. The number of rotatable bonds is 17. The van der Waals surface area contributed by atoms with Crippen LogP contribution in [0.1, 0.15) is 128 Å². The molecule has 9 atom stereocenters. The molecule has 25 heteroatoms. The summed E-state index contributed by atoms with van der Waals surface area (Å²) in [5.41, 5.74) is 1.53. The molecule has 3 aromatic carbocycles. The average molecular weight is 1270 g/mol. The number of nitrogens with one attached hydrogen (secondary N) is 2. The van der Waals surface area contributed by atoms with Gasteiger partial charge in [-0.05, 0) is 81.4 Å². The van der Waals surface area contributed by atoms with Gasteiger partial charge in [0.05, 0.1) is 35.5 Å². The molecule has 23 nitrogen and oxygen atoms in total. The molecule has 484 valence electrons.